The highest BCUT2D eigenvalue weighted by Gasteiger charge is 2.26. The lowest BCUT2D eigenvalue weighted by atomic mass is 10.1. The zero-order valence-electron chi connectivity index (χ0n) is 12.0. The molecule has 0 radical (unpaired) electrons. The number of piperazine rings is 1. The number of hydrogen-bond donors (Lipinski definition) is 0. The summed E-state index contributed by atoms with van der Waals surface area (Å²) in [5.74, 6) is -2.96. The topological polar surface area (TPSA) is 23.6 Å². The lowest BCUT2D eigenvalue weighted by Crippen LogP contribution is -2.48. The zero-order chi connectivity index (χ0) is 15.5. The first-order valence-corrected chi connectivity index (χ1v) is 7.39. The van der Waals surface area contributed by atoms with E-state index in [1.807, 2.05) is 24.3 Å². The number of carbonyl (C=O) groups excluding carboxylic acids is 1. The zero-order valence-corrected chi connectivity index (χ0v) is 12.7. The maximum Gasteiger partial charge on any atom is 0.245 e. The molecule has 116 valence electrons. The molecule has 0 spiro atoms. The van der Waals surface area contributed by atoms with Crippen molar-refractivity contribution in [3.63, 3.8) is 0 Å². The van der Waals surface area contributed by atoms with Gasteiger partial charge < -0.3 is 9.80 Å². The predicted octanol–water partition coefficient (Wildman–Crippen LogP) is 3.42. The minimum atomic E-state index is -2.78. The van der Waals surface area contributed by atoms with E-state index in [1.165, 1.54) is 0 Å². The maximum absolute atomic E-state index is 12.8. The number of nitrogens with zero attached hydrogens (tertiary/aromatic N) is 2. The molecule has 0 saturated carbocycles. The summed E-state index contributed by atoms with van der Waals surface area (Å²) in [6, 6.07) is 7.55. The van der Waals surface area contributed by atoms with Crippen molar-refractivity contribution < 1.29 is 13.6 Å². The SMILES string of the molecule is CC(F)(F)CCC(=O)N1CCN(c2ccc(Cl)cc2)CC1. The van der Waals surface area contributed by atoms with Crippen molar-refractivity contribution in [1.29, 1.82) is 0 Å². The van der Waals surface area contributed by atoms with E-state index in [2.05, 4.69) is 4.90 Å². The van der Waals surface area contributed by atoms with Crippen molar-refractivity contribution in [2.24, 2.45) is 0 Å². The molecule has 0 bridgehead atoms. The number of halogens is 3. The van der Waals surface area contributed by atoms with E-state index in [-0.39, 0.29) is 18.7 Å². The van der Waals surface area contributed by atoms with Crippen molar-refractivity contribution in [2.45, 2.75) is 25.7 Å². The van der Waals surface area contributed by atoms with E-state index < -0.39 is 5.92 Å². The highest BCUT2D eigenvalue weighted by atomic mass is 35.5. The van der Waals surface area contributed by atoms with Gasteiger partial charge in [-0.1, -0.05) is 11.6 Å². The Bertz CT molecular complexity index is 479. The molecule has 1 aliphatic heterocycles. The molecule has 1 aliphatic rings. The first-order valence-electron chi connectivity index (χ1n) is 7.01. The van der Waals surface area contributed by atoms with E-state index >= 15 is 0 Å². The maximum atomic E-state index is 12.8. The molecule has 1 aromatic rings. The lowest BCUT2D eigenvalue weighted by molar-refractivity contribution is -0.133. The second-order valence-electron chi connectivity index (χ2n) is 5.41. The van der Waals surface area contributed by atoms with Crippen LogP contribution in [-0.4, -0.2) is 42.9 Å². The standard InChI is InChI=1S/C15H19ClF2N2O/c1-15(17,18)7-6-14(21)20-10-8-19(9-11-20)13-4-2-12(16)3-5-13/h2-5H,6-11H2,1H3. The van der Waals surface area contributed by atoms with Gasteiger partial charge in [0.2, 0.25) is 11.8 Å². The number of amides is 1. The number of benzene rings is 1. The fourth-order valence-corrected chi connectivity index (χ4v) is 2.48. The Morgan fingerprint density at radius 1 is 1.19 bits per heavy atom. The van der Waals surface area contributed by atoms with Gasteiger partial charge in [0.25, 0.3) is 0 Å². The minimum absolute atomic E-state index is 0.0928. The molecule has 1 fully saturated rings. The van der Waals surface area contributed by atoms with Gasteiger partial charge in [-0.25, -0.2) is 8.78 Å². The van der Waals surface area contributed by atoms with Gasteiger partial charge in [0.05, 0.1) is 0 Å². The first kappa shape index (κ1) is 16.0. The van der Waals surface area contributed by atoms with Crippen molar-refractivity contribution in [3.05, 3.63) is 29.3 Å². The van der Waals surface area contributed by atoms with Crippen LogP contribution in [-0.2, 0) is 4.79 Å². The lowest BCUT2D eigenvalue weighted by Gasteiger charge is -2.36. The Morgan fingerprint density at radius 3 is 2.29 bits per heavy atom. The van der Waals surface area contributed by atoms with Gasteiger partial charge in [-0.05, 0) is 31.2 Å². The van der Waals surface area contributed by atoms with E-state index in [0.717, 1.165) is 12.6 Å². The average molecular weight is 317 g/mol. The van der Waals surface area contributed by atoms with E-state index in [9.17, 15) is 13.6 Å². The molecule has 0 atom stereocenters. The van der Waals surface area contributed by atoms with E-state index in [1.54, 1.807) is 4.90 Å². The second kappa shape index (κ2) is 6.60. The van der Waals surface area contributed by atoms with Gasteiger partial charge in [-0.2, -0.15) is 0 Å². The third-order valence-corrected chi connectivity index (χ3v) is 3.85. The molecule has 0 aliphatic carbocycles. The predicted molar refractivity (Wildman–Crippen MR) is 80.1 cm³/mol. The van der Waals surface area contributed by atoms with E-state index in [4.69, 9.17) is 11.6 Å². The van der Waals surface area contributed by atoms with Crippen LogP contribution >= 0.6 is 11.6 Å². The Labute approximate surface area is 128 Å². The molecule has 3 nitrogen and oxygen atoms in total. The number of rotatable bonds is 4. The normalized spacial score (nSPS) is 16.2. The Morgan fingerprint density at radius 2 is 1.76 bits per heavy atom. The van der Waals surface area contributed by atoms with Gasteiger partial charge in [0, 0.05) is 49.7 Å². The molecule has 1 saturated heterocycles. The minimum Gasteiger partial charge on any atom is -0.368 e. The second-order valence-corrected chi connectivity index (χ2v) is 5.85. The van der Waals surface area contributed by atoms with Crippen LogP contribution in [0.2, 0.25) is 5.02 Å². The number of hydrogen-bond acceptors (Lipinski definition) is 2. The average Bonchev–Trinajstić information content (AvgIpc) is 2.45. The van der Waals surface area contributed by atoms with Crippen molar-refractivity contribution in [1.82, 2.24) is 4.90 Å². The fraction of sp³-hybridized carbons (Fsp3) is 0.533. The number of anilines is 1. The molecule has 0 unspecified atom stereocenters. The van der Waals surface area contributed by atoms with Crippen LogP contribution in [0.3, 0.4) is 0 Å². The summed E-state index contributed by atoms with van der Waals surface area (Å²) in [5.41, 5.74) is 1.06. The first-order chi connectivity index (χ1) is 9.85. The van der Waals surface area contributed by atoms with Crippen LogP contribution < -0.4 is 4.90 Å². The van der Waals surface area contributed by atoms with Crippen LogP contribution in [0.15, 0.2) is 24.3 Å². The van der Waals surface area contributed by atoms with Gasteiger partial charge in [0.1, 0.15) is 0 Å². The molecule has 1 amide bonds. The summed E-state index contributed by atoms with van der Waals surface area (Å²) in [4.78, 5) is 15.7. The summed E-state index contributed by atoms with van der Waals surface area (Å²) in [6.45, 7) is 3.39. The molecule has 0 aromatic heterocycles. The van der Waals surface area contributed by atoms with Gasteiger partial charge in [0.15, 0.2) is 0 Å². The summed E-state index contributed by atoms with van der Waals surface area (Å²) in [5, 5.41) is 0.688. The van der Waals surface area contributed by atoms with Crippen molar-refractivity contribution in [3.8, 4) is 0 Å². The summed E-state index contributed by atoms with van der Waals surface area (Å²) < 4.78 is 25.6. The molecule has 1 heterocycles. The quantitative estimate of drug-likeness (QED) is 0.849. The number of carbonyl (C=O) groups is 1. The molecule has 21 heavy (non-hydrogen) atoms. The largest absolute Gasteiger partial charge is 0.368 e. The Kier molecular flexibility index (Phi) is 5.04. The van der Waals surface area contributed by atoms with Crippen LogP contribution in [0.1, 0.15) is 19.8 Å². The fourth-order valence-electron chi connectivity index (χ4n) is 2.35. The molecule has 6 heteroatoms. The third kappa shape index (κ3) is 4.84. The highest BCUT2D eigenvalue weighted by molar-refractivity contribution is 6.30. The Balaban J connectivity index is 1.82. The molecule has 1 aromatic carbocycles. The van der Waals surface area contributed by atoms with Crippen LogP contribution in [0, 0.1) is 0 Å². The molecular weight excluding hydrogens is 298 g/mol. The van der Waals surface area contributed by atoms with Crippen LogP contribution in [0.5, 0.6) is 0 Å². The summed E-state index contributed by atoms with van der Waals surface area (Å²) in [6.07, 6.45) is -0.478. The van der Waals surface area contributed by atoms with Gasteiger partial charge >= 0.3 is 0 Å². The Hall–Kier alpha value is -1.36. The molecule has 0 N–H and O–H groups in total. The van der Waals surface area contributed by atoms with Gasteiger partial charge in [-0.3, -0.25) is 4.79 Å². The summed E-state index contributed by atoms with van der Waals surface area (Å²) in [7, 11) is 0. The monoisotopic (exact) mass is 316 g/mol. The molecule has 2 rings (SSSR count). The van der Waals surface area contributed by atoms with Crippen LogP contribution in [0.25, 0.3) is 0 Å². The molecular formula is C15H19ClF2N2O. The van der Waals surface area contributed by atoms with Crippen molar-refractivity contribution >= 4 is 23.2 Å². The van der Waals surface area contributed by atoms with Crippen molar-refractivity contribution in [2.75, 3.05) is 31.1 Å². The summed E-state index contributed by atoms with van der Waals surface area (Å²) >= 11 is 5.85. The van der Waals surface area contributed by atoms with Gasteiger partial charge in [-0.15, -0.1) is 0 Å². The number of alkyl halides is 2. The highest BCUT2D eigenvalue weighted by Crippen LogP contribution is 2.21. The van der Waals surface area contributed by atoms with Crippen LogP contribution in [0.4, 0.5) is 14.5 Å². The smallest absolute Gasteiger partial charge is 0.245 e. The third-order valence-electron chi connectivity index (χ3n) is 3.60. The van der Waals surface area contributed by atoms with E-state index in [0.29, 0.717) is 31.2 Å².